The highest BCUT2D eigenvalue weighted by Gasteiger charge is 2.25. The third-order valence-electron chi connectivity index (χ3n) is 7.22. The highest BCUT2D eigenvalue weighted by molar-refractivity contribution is 6.50. The van der Waals surface area contributed by atoms with Crippen LogP contribution in [-0.2, 0) is 14.9 Å². The molecule has 2 N–H and O–H groups in total. The third-order valence-corrected chi connectivity index (χ3v) is 7.22. The van der Waals surface area contributed by atoms with Crippen LogP contribution >= 0.6 is 0 Å². The fourth-order valence-corrected chi connectivity index (χ4v) is 4.83. The molecular formula is C32H37N5O4. The minimum Gasteiger partial charge on any atom is -0.492 e. The van der Waals surface area contributed by atoms with Crippen LogP contribution in [-0.4, -0.2) is 71.0 Å². The standard InChI is InChI=1S/C32H37N5O4/c1-22-9-11-23(12-10-22)37-29(21-28(34-37)32(2,3)4)33-31(38)30(35-39)26-13-14-27(25-8-6-5-7-24(25)26)41-20-17-36-15-18-40-19-16-36/h5-14,21,39H,15-20H2,1-4H3,(H,33,38)/b35-30+. The summed E-state index contributed by atoms with van der Waals surface area (Å²) in [6.07, 6.45) is 0. The fraction of sp³-hybridized carbons (Fsp3) is 0.344. The summed E-state index contributed by atoms with van der Waals surface area (Å²) in [6.45, 7) is 12.8. The zero-order valence-electron chi connectivity index (χ0n) is 24.1. The van der Waals surface area contributed by atoms with Crippen LogP contribution in [0.5, 0.6) is 5.75 Å². The lowest BCUT2D eigenvalue weighted by Crippen LogP contribution is -2.38. The Morgan fingerprint density at radius 2 is 1.76 bits per heavy atom. The summed E-state index contributed by atoms with van der Waals surface area (Å²) in [6, 6.07) is 21.0. The molecule has 0 saturated carbocycles. The van der Waals surface area contributed by atoms with Crippen molar-refractivity contribution < 1.29 is 19.5 Å². The van der Waals surface area contributed by atoms with Crippen LogP contribution in [0.15, 0.2) is 71.9 Å². The molecule has 0 unspecified atom stereocenters. The first-order valence-corrected chi connectivity index (χ1v) is 13.9. The number of benzene rings is 3. The number of aromatic nitrogens is 2. The van der Waals surface area contributed by atoms with Crippen LogP contribution in [0.1, 0.15) is 37.6 Å². The second-order valence-electron chi connectivity index (χ2n) is 11.3. The van der Waals surface area contributed by atoms with Gasteiger partial charge in [0.05, 0.1) is 24.6 Å². The molecule has 0 bridgehead atoms. The maximum absolute atomic E-state index is 13.6. The number of aryl methyl sites for hydroxylation is 1. The van der Waals surface area contributed by atoms with Crippen molar-refractivity contribution in [1.29, 1.82) is 0 Å². The van der Waals surface area contributed by atoms with Crippen molar-refractivity contribution in [3.63, 3.8) is 0 Å². The lowest BCUT2D eigenvalue weighted by Gasteiger charge is -2.26. The molecule has 4 aromatic rings. The Balaban J connectivity index is 1.41. The molecule has 1 aliphatic heterocycles. The summed E-state index contributed by atoms with van der Waals surface area (Å²) in [5.74, 6) is 0.646. The van der Waals surface area contributed by atoms with Crippen LogP contribution in [0.3, 0.4) is 0 Å². The Bertz CT molecular complexity index is 1550. The zero-order valence-corrected chi connectivity index (χ0v) is 24.1. The number of anilines is 1. The van der Waals surface area contributed by atoms with E-state index < -0.39 is 5.91 Å². The van der Waals surface area contributed by atoms with Gasteiger partial charge in [-0.25, -0.2) is 4.68 Å². The highest BCUT2D eigenvalue weighted by Crippen LogP contribution is 2.30. The van der Waals surface area contributed by atoms with Crippen molar-refractivity contribution in [3.8, 4) is 11.4 Å². The summed E-state index contributed by atoms with van der Waals surface area (Å²) in [4.78, 5) is 15.9. The molecule has 41 heavy (non-hydrogen) atoms. The molecule has 1 saturated heterocycles. The number of amides is 1. The van der Waals surface area contributed by atoms with E-state index in [4.69, 9.17) is 14.6 Å². The molecule has 0 spiro atoms. The van der Waals surface area contributed by atoms with Crippen LogP contribution in [0.2, 0.25) is 0 Å². The van der Waals surface area contributed by atoms with Gasteiger partial charge in [-0.15, -0.1) is 0 Å². The minimum absolute atomic E-state index is 0.102. The Labute approximate surface area is 240 Å². The molecular weight excluding hydrogens is 518 g/mol. The second-order valence-corrected chi connectivity index (χ2v) is 11.3. The number of carbonyl (C=O) groups is 1. The predicted octanol–water partition coefficient (Wildman–Crippen LogP) is 5.16. The first-order valence-electron chi connectivity index (χ1n) is 13.9. The molecule has 1 amide bonds. The van der Waals surface area contributed by atoms with Gasteiger partial charge >= 0.3 is 0 Å². The molecule has 1 aliphatic rings. The Morgan fingerprint density at radius 1 is 1.05 bits per heavy atom. The minimum atomic E-state index is -0.549. The first kappa shape index (κ1) is 28.3. The first-order chi connectivity index (χ1) is 19.7. The smallest absolute Gasteiger partial charge is 0.279 e. The average Bonchev–Trinajstić information content (AvgIpc) is 3.39. The number of nitrogens with one attached hydrogen (secondary N) is 1. The second kappa shape index (κ2) is 12.1. The molecule has 9 nitrogen and oxygen atoms in total. The quantitative estimate of drug-likeness (QED) is 0.177. The van der Waals surface area contributed by atoms with E-state index in [2.05, 4.69) is 36.1 Å². The number of oxime groups is 1. The van der Waals surface area contributed by atoms with E-state index in [9.17, 15) is 10.0 Å². The molecule has 214 valence electrons. The largest absolute Gasteiger partial charge is 0.492 e. The van der Waals surface area contributed by atoms with Crippen molar-refractivity contribution in [1.82, 2.24) is 14.7 Å². The van der Waals surface area contributed by atoms with Crippen molar-refractivity contribution >= 4 is 28.2 Å². The average molecular weight is 556 g/mol. The third kappa shape index (κ3) is 6.42. The van der Waals surface area contributed by atoms with E-state index in [0.717, 1.165) is 60.6 Å². The molecule has 3 aromatic carbocycles. The van der Waals surface area contributed by atoms with Crippen molar-refractivity contribution in [3.05, 3.63) is 83.6 Å². The number of nitrogens with zero attached hydrogens (tertiary/aromatic N) is 4. The monoisotopic (exact) mass is 555 g/mol. The van der Waals surface area contributed by atoms with Crippen molar-refractivity contribution in [2.75, 3.05) is 44.8 Å². The number of morpholine rings is 1. The summed E-state index contributed by atoms with van der Waals surface area (Å²) < 4.78 is 13.3. The van der Waals surface area contributed by atoms with E-state index in [0.29, 0.717) is 23.7 Å². The van der Waals surface area contributed by atoms with Gasteiger partial charge in [0.15, 0.2) is 5.71 Å². The van der Waals surface area contributed by atoms with Crippen LogP contribution in [0, 0.1) is 6.92 Å². The molecule has 1 aromatic heterocycles. The number of hydrogen-bond acceptors (Lipinski definition) is 7. The van der Waals surface area contributed by atoms with Crippen molar-refractivity contribution in [2.45, 2.75) is 33.1 Å². The number of rotatable bonds is 8. The number of hydrogen-bond donors (Lipinski definition) is 2. The Kier molecular flexibility index (Phi) is 8.37. The summed E-state index contributed by atoms with van der Waals surface area (Å²) in [7, 11) is 0. The van der Waals surface area contributed by atoms with Gasteiger partial charge < -0.3 is 20.0 Å². The van der Waals surface area contributed by atoms with E-state index >= 15 is 0 Å². The number of carbonyl (C=O) groups excluding carboxylic acids is 1. The Hall–Kier alpha value is -4.21. The molecule has 9 heteroatoms. The van der Waals surface area contributed by atoms with E-state index in [1.807, 2.05) is 67.6 Å². The topological polar surface area (TPSA) is 101 Å². The predicted molar refractivity (Wildman–Crippen MR) is 161 cm³/mol. The van der Waals surface area contributed by atoms with Gasteiger partial charge in [-0.2, -0.15) is 5.10 Å². The Morgan fingerprint density at radius 3 is 2.44 bits per heavy atom. The van der Waals surface area contributed by atoms with E-state index in [-0.39, 0.29) is 11.1 Å². The molecule has 0 aliphatic carbocycles. The maximum atomic E-state index is 13.6. The lowest BCUT2D eigenvalue weighted by atomic mass is 9.92. The molecule has 0 atom stereocenters. The van der Waals surface area contributed by atoms with Gasteiger partial charge in [0.1, 0.15) is 18.2 Å². The van der Waals surface area contributed by atoms with Gasteiger partial charge in [0.25, 0.3) is 5.91 Å². The molecule has 2 heterocycles. The van der Waals surface area contributed by atoms with Crippen LogP contribution in [0.25, 0.3) is 16.5 Å². The van der Waals surface area contributed by atoms with Gasteiger partial charge in [0, 0.05) is 42.1 Å². The summed E-state index contributed by atoms with van der Waals surface area (Å²) in [5, 5.41) is 22.8. The van der Waals surface area contributed by atoms with Gasteiger partial charge in [-0.3, -0.25) is 9.69 Å². The van der Waals surface area contributed by atoms with Crippen LogP contribution in [0.4, 0.5) is 5.82 Å². The SMILES string of the molecule is Cc1ccc(-n2nc(C(C)(C)C)cc2NC(=O)/C(=N/O)c2ccc(OCCN3CCOCC3)c3ccccc23)cc1. The molecule has 0 radical (unpaired) electrons. The van der Waals surface area contributed by atoms with Gasteiger partial charge in [-0.05, 0) is 36.6 Å². The zero-order chi connectivity index (χ0) is 29.0. The normalized spacial score (nSPS) is 14.8. The van der Waals surface area contributed by atoms with Gasteiger partial charge in [0.2, 0.25) is 0 Å². The van der Waals surface area contributed by atoms with Crippen molar-refractivity contribution in [2.24, 2.45) is 5.16 Å². The van der Waals surface area contributed by atoms with E-state index in [1.165, 1.54) is 0 Å². The number of ether oxygens (including phenoxy) is 2. The number of fused-ring (bicyclic) bond motifs is 1. The fourth-order valence-electron chi connectivity index (χ4n) is 4.83. The summed E-state index contributed by atoms with van der Waals surface area (Å²) in [5.41, 5.74) is 2.91. The highest BCUT2D eigenvalue weighted by atomic mass is 16.5. The lowest BCUT2D eigenvalue weighted by molar-refractivity contribution is -0.110. The molecule has 5 rings (SSSR count). The van der Waals surface area contributed by atoms with E-state index in [1.54, 1.807) is 10.7 Å². The molecule has 1 fully saturated rings. The summed E-state index contributed by atoms with van der Waals surface area (Å²) >= 11 is 0. The van der Waals surface area contributed by atoms with Gasteiger partial charge in [-0.1, -0.05) is 67.9 Å². The maximum Gasteiger partial charge on any atom is 0.279 e. The van der Waals surface area contributed by atoms with Crippen LogP contribution < -0.4 is 10.1 Å².